The van der Waals surface area contributed by atoms with Gasteiger partial charge in [0, 0.05) is 30.6 Å². The number of hydrogen-bond acceptors (Lipinski definition) is 5. The third kappa shape index (κ3) is 3.45. The van der Waals surface area contributed by atoms with E-state index in [0.717, 1.165) is 22.0 Å². The van der Waals surface area contributed by atoms with E-state index in [2.05, 4.69) is 20.2 Å². The first-order valence-corrected chi connectivity index (χ1v) is 8.43. The molecule has 0 aliphatic rings. The molecule has 1 aromatic carbocycles. The molecule has 0 N–H and O–H groups in total. The van der Waals surface area contributed by atoms with E-state index in [0.29, 0.717) is 17.3 Å². The minimum atomic E-state index is 0.0740. The third-order valence-electron chi connectivity index (χ3n) is 3.94. The van der Waals surface area contributed by atoms with E-state index in [4.69, 9.17) is 11.6 Å². The Kier molecular flexibility index (Phi) is 4.41. The van der Waals surface area contributed by atoms with E-state index in [1.165, 1.54) is 4.80 Å². The zero-order valence-corrected chi connectivity index (χ0v) is 14.5. The molecule has 0 amide bonds. The van der Waals surface area contributed by atoms with Crippen molar-refractivity contribution in [3.63, 3.8) is 0 Å². The number of rotatable bonds is 5. The second-order valence-electron chi connectivity index (χ2n) is 5.90. The van der Waals surface area contributed by atoms with Crippen LogP contribution in [0.4, 0.5) is 0 Å². The maximum atomic E-state index is 12.4. The van der Waals surface area contributed by atoms with E-state index in [1.807, 2.05) is 30.3 Å². The van der Waals surface area contributed by atoms with Gasteiger partial charge in [0.25, 0.3) is 0 Å². The number of carbonyl (C=O) groups excluding carboxylic acids is 1. The lowest BCUT2D eigenvalue weighted by atomic mass is 10.0. The zero-order valence-electron chi connectivity index (χ0n) is 13.7. The molecule has 26 heavy (non-hydrogen) atoms. The summed E-state index contributed by atoms with van der Waals surface area (Å²) in [7, 11) is 0. The van der Waals surface area contributed by atoms with Gasteiger partial charge in [-0.3, -0.25) is 9.78 Å². The molecule has 3 heterocycles. The first-order valence-electron chi connectivity index (χ1n) is 8.05. The first-order chi connectivity index (χ1) is 12.7. The zero-order chi connectivity index (χ0) is 17.9. The van der Waals surface area contributed by atoms with Crippen molar-refractivity contribution in [1.82, 2.24) is 25.0 Å². The highest BCUT2D eigenvalue weighted by molar-refractivity contribution is 6.32. The van der Waals surface area contributed by atoms with Crippen molar-refractivity contribution in [3.8, 4) is 5.82 Å². The number of nitrogens with zero attached hydrogens (tertiary/aromatic N) is 5. The molecule has 3 aromatic heterocycles. The Morgan fingerprint density at radius 1 is 0.962 bits per heavy atom. The Bertz CT molecular complexity index is 1080. The van der Waals surface area contributed by atoms with Crippen molar-refractivity contribution in [2.45, 2.75) is 12.8 Å². The standard InChI is InChI=1S/C19H14ClN5O/c20-17-10-14(12-22-19(17)25-23-5-6-24-25)9-16(26)8-13-7-15-3-1-2-4-18(15)21-11-13/h1-7,10-12H,8-9H2. The number of halogens is 1. The number of hydrogen-bond donors (Lipinski definition) is 0. The smallest absolute Gasteiger partial charge is 0.193 e. The molecule has 0 saturated heterocycles. The minimum Gasteiger partial charge on any atom is -0.299 e. The topological polar surface area (TPSA) is 73.6 Å². The monoisotopic (exact) mass is 363 g/mol. The van der Waals surface area contributed by atoms with Crippen LogP contribution in [0.15, 0.2) is 61.2 Å². The second-order valence-corrected chi connectivity index (χ2v) is 6.30. The van der Waals surface area contributed by atoms with Gasteiger partial charge >= 0.3 is 0 Å². The number of ketones is 1. The Morgan fingerprint density at radius 2 is 1.65 bits per heavy atom. The second kappa shape index (κ2) is 7.01. The van der Waals surface area contributed by atoms with Crippen LogP contribution in [0.25, 0.3) is 16.7 Å². The Morgan fingerprint density at radius 3 is 2.42 bits per heavy atom. The van der Waals surface area contributed by atoms with Crippen LogP contribution in [0.3, 0.4) is 0 Å². The van der Waals surface area contributed by atoms with Crippen molar-refractivity contribution in [2.75, 3.05) is 0 Å². The summed E-state index contributed by atoms with van der Waals surface area (Å²) in [5, 5.41) is 9.43. The van der Waals surface area contributed by atoms with E-state index in [1.54, 1.807) is 30.9 Å². The van der Waals surface area contributed by atoms with Gasteiger partial charge in [-0.05, 0) is 29.3 Å². The molecule has 7 heteroatoms. The molecule has 6 nitrogen and oxygen atoms in total. The molecule has 0 radical (unpaired) electrons. The van der Waals surface area contributed by atoms with Gasteiger partial charge in [-0.2, -0.15) is 10.2 Å². The van der Waals surface area contributed by atoms with E-state index >= 15 is 0 Å². The van der Waals surface area contributed by atoms with Crippen LogP contribution in [0.5, 0.6) is 0 Å². The lowest BCUT2D eigenvalue weighted by Crippen LogP contribution is -2.08. The minimum absolute atomic E-state index is 0.0740. The van der Waals surface area contributed by atoms with Crippen molar-refractivity contribution >= 4 is 28.3 Å². The van der Waals surface area contributed by atoms with Crippen LogP contribution < -0.4 is 0 Å². The summed E-state index contributed by atoms with van der Waals surface area (Å²) in [5.74, 6) is 0.511. The number of fused-ring (bicyclic) bond motifs is 1. The Labute approximate surface area is 154 Å². The average Bonchev–Trinajstić information content (AvgIpc) is 3.16. The molecule has 0 atom stereocenters. The fraction of sp³-hybridized carbons (Fsp3) is 0.105. The maximum Gasteiger partial charge on any atom is 0.193 e. The van der Waals surface area contributed by atoms with Gasteiger partial charge < -0.3 is 0 Å². The summed E-state index contributed by atoms with van der Waals surface area (Å²) in [4.78, 5) is 22.4. The number of pyridine rings is 2. The number of aromatic nitrogens is 5. The van der Waals surface area contributed by atoms with Crippen LogP contribution >= 0.6 is 11.6 Å². The maximum absolute atomic E-state index is 12.4. The summed E-state index contributed by atoms with van der Waals surface area (Å²) >= 11 is 6.25. The molecule has 0 aliphatic heterocycles. The number of benzene rings is 1. The molecular formula is C19H14ClN5O. The summed E-state index contributed by atoms with van der Waals surface area (Å²) < 4.78 is 0. The molecule has 4 aromatic rings. The van der Waals surface area contributed by atoms with Gasteiger partial charge in [-0.15, -0.1) is 4.80 Å². The number of Topliss-reactive ketones (excluding diaryl/α,β-unsaturated/α-hetero) is 1. The van der Waals surface area contributed by atoms with Gasteiger partial charge in [0.05, 0.1) is 22.9 Å². The number of carbonyl (C=O) groups is 1. The van der Waals surface area contributed by atoms with Crippen LogP contribution in [0.2, 0.25) is 5.02 Å². The number of para-hydroxylation sites is 1. The van der Waals surface area contributed by atoms with E-state index < -0.39 is 0 Å². The summed E-state index contributed by atoms with van der Waals surface area (Å²) in [5.41, 5.74) is 2.57. The fourth-order valence-electron chi connectivity index (χ4n) is 2.77. The first kappa shape index (κ1) is 16.4. The summed E-state index contributed by atoms with van der Waals surface area (Å²) in [6.07, 6.45) is 7.05. The Balaban J connectivity index is 1.48. The molecule has 128 valence electrons. The van der Waals surface area contributed by atoms with Gasteiger partial charge in [0.2, 0.25) is 0 Å². The highest BCUT2D eigenvalue weighted by Gasteiger charge is 2.11. The fourth-order valence-corrected chi connectivity index (χ4v) is 3.03. The van der Waals surface area contributed by atoms with Crippen LogP contribution in [0.1, 0.15) is 11.1 Å². The van der Waals surface area contributed by atoms with Crippen LogP contribution in [-0.4, -0.2) is 30.7 Å². The van der Waals surface area contributed by atoms with Gasteiger partial charge in [0.15, 0.2) is 5.82 Å². The highest BCUT2D eigenvalue weighted by Crippen LogP contribution is 2.19. The van der Waals surface area contributed by atoms with Gasteiger partial charge in [0.1, 0.15) is 5.78 Å². The predicted molar refractivity (Wildman–Crippen MR) is 98.3 cm³/mol. The highest BCUT2D eigenvalue weighted by atomic mass is 35.5. The predicted octanol–water partition coefficient (Wildman–Crippen LogP) is 3.22. The van der Waals surface area contributed by atoms with Gasteiger partial charge in [-0.1, -0.05) is 29.8 Å². The van der Waals surface area contributed by atoms with Crippen LogP contribution in [0, 0.1) is 0 Å². The largest absolute Gasteiger partial charge is 0.299 e. The molecular weight excluding hydrogens is 350 g/mol. The van der Waals surface area contributed by atoms with Crippen molar-refractivity contribution < 1.29 is 4.79 Å². The summed E-state index contributed by atoms with van der Waals surface area (Å²) in [6, 6.07) is 11.6. The van der Waals surface area contributed by atoms with Crippen molar-refractivity contribution in [2.24, 2.45) is 0 Å². The lowest BCUT2D eigenvalue weighted by Gasteiger charge is -2.06. The lowest BCUT2D eigenvalue weighted by molar-refractivity contribution is -0.117. The van der Waals surface area contributed by atoms with Crippen molar-refractivity contribution in [1.29, 1.82) is 0 Å². The molecule has 4 rings (SSSR count). The third-order valence-corrected chi connectivity index (χ3v) is 4.21. The molecule has 0 spiro atoms. The van der Waals surface area contributed by atoms with E-state index in [-0.39, 0.29) is 12.2 Å². The summed E-state index contributed by atoms with van der Waals surface area (Å²) in [6.45, 7) is 0. The SMILES string of the molecule is O=C(Cc1cnc(-n2nccn2)c(Cl)c1)Cc1cnc2ccccc2c1. The molecule has 0 aliphatic carbocycles. The molecule has 0 saturated carbocycles. The van der Waals surface area contributed by atoms with Crippen LogP contribution in [-0.2, 0) is 17.6 Å². The van der Waals surface area contributed by atoms with Crippen molar-refractivity contribution in [3.05, 3.63) is 77.3 Å². The molecule has 0 bridgehead atoms. The quantitative estimate of drug-likeness (QED) is 0.544. The average molecular weight is 364 g/mol. The molecule has 0 fully saturated rings. The van der Waals surface area contributed by atoms with E-state index in [9.17, 15) is 4.79 Å². The van der Waals surface area contributed by atoms with Gasteiger partial charge in [-0.25, -0.2) is 4.98 Å². The normalized spacial score (nSPS) is 11.0. The Hall–Kier alpha value is -3.12. The molecule has 0 unspecified atom stereocenters.